The highest BCUT2D eigenvalue weighted by Crippen LogP contribution is 2.34. The molecule has 0 radical (unpaired) electrons. The Morgan fingerprint density at radius 1 is 1.19 bits per heavy atom. The summed E-state index contributed by atoms with van der Waals surface area (Å²) in [7, 11) is 0. The lowest BCUT2D eigenvalue weighted by atomic mass is 9.78. The van der Waals surface area contributed by atoms with E-state index in [0.29, 0.717) is 5.54 Å². The van der Waals surface area contributed by atoms with Crippen molar-refractivity contribution in [2.24, 2.45) is 5.92 Å². The quantitative estimate of drug-likeness (QED) is 0.763. The third kappa shape index (κ3) is 2.28. The molecule has 1 aliphatic carbocycles. The summed E-state index contributed by atoms with van der Waals surface area (Å²) in [5.41, 5.74) is 0.506. The topological polar surface area (TPSA) is 24.1 Å². The highest BCUT2D eigenvalue weighted by atomic mass is 15.0. The maximum atomic E-state index is 3.77. The summed E-state index contributed by atoms with van der Waals surface area (Å²) in [4.78, 5) is 0. The molecule has 0 aromatic rings. The summed E-state index contributed by atoms with van der Waals surface area (Å²) in [6.07, 6.45) is 11.4. The molecule has 2 saturated heterocycles. The smallest absolute Gasteiger partial charge is 0.0153 e. The molecule has 0 aromatic carbocycles. The zero-order valence-corrected chi connectivity index (χ0v) is 10.6. The van der Waals surface area contributed by atoms with Crippen molar-refractivity contribution in [3.05, 3.63) is 0 Å². The molecule has 1 saturated carbocycles. The lowest BCUT2D eigenvalue weighted by Gasteiger charge is -2.40. The molecule has 0 aromatic heterocycles. The van der Waals surface area contributed by atoms with E-state index in [1.807, 2.05) is 0 Å². The minimum atomic E-state index is 0.506. The van der Waals surface area contributed by atoms with Crippen molar-refractivity contribution in [2.75, 3.05) is 6.54 Å². The third-order valence-corrected chi connectivity index (χ3v) is 5.13. The lowest BCUT2D eigenvalue weighted by molar-refractivity contribution is 0.196. The van der Waals surface area contributed by atoms with E-state index in [0.717, 1.165) is 18.0 Å². The van der Waals surface area contributed by atoms with E-state index in [9.17, 15) is 0 Å². The molecule has 0 amide bonds. The Labute approximate surface area is 99.6 Å². The number of piperidine rings is 1. The summed E-state index contributed by atoms with van der Waals surface area (Å²) in [6, 6.07) is 1.73. The molecule has 92 valence electrons. The Hall–Kier alpha value is -0.0800. The van der Waals surface area contributed by atoms with Crippen LogP contribution in [0.25, 0.3) is 0 Å². The monoisotopic (exact) mass is 222 g/mol. The Balaban J connectivity index is 1.39. The van der Waals surface area contributed by atoms with Crippen LogP contribution in [0.3, 0.4) is 0 Å². The number of rotatable bonds is 4. The number of hydrogen-bond donors (Lipinski definition) is 2. The normalized spacial score (nSPS) is 40.7. The third-order valence-electron chi connectivity index (χ3n) is 5.13. The van der Waals surface area contributed by atoms with Gasteiger partial charge in [0.05, 0.1) is 0 Å². The van der Waals surface area contributed by atoms with E-state index in [2.05, 4.69) is 17.6 Å². The summed E-state index contributed by atoms with van der Waals surface area (Å²) < 4.78 is 0. The van der Waals surface area contributed by atoms with Crippen LogP contribution in [-0.4, -0.2) is 24.2 Å². The average Bonchev–Trinajstić information content (AvgIpc) is 2.56. The molecule has 2 heteroatoms. The molecule has 2 aliphatic heterocycles. The van der Waals surface area contributed by atoms with Gasteiger partial charge >= 0.3 is 0 Å². The first-order valence-corrected chi connectivity index (χ1v) is 7.25. The highest BCUT2D eigenvalue weighted by molar-refractivity contribution is 4.94. The molecular formula is C14H26N2. The Morgan fingerprint density at radius 2 is 1.88 bits per heavy atom. The van der Waals surface area contributed by atoms with Gasteiger partial charge in [0, 0.05) is 17.6 Å². The Morgan fingerprint density at radius 3 is 2.44 bits per heavy atom. The van der Waals surface area contributed by atoms with E-state index >= 15 is 0 Å². The maximum absolute atomic E-state index is 3.77. The Bertz CT molecular complexity index is 235. The zero-order valence-electron chi connectivity index (χ0n) is 10.6. The van der Waals surface area contributed by atoms with Crippen LogP contribution in [-0.2, 0) is 0 Å². The fourth-order valence-electron chi connectivity index (χ4n) is 3.87. The van der Waals surface area contributed by atoms with E-state index < -0.39 is 0 Å². The van der Waals surface area contributed by atoms with Crippen LogP contribution >= 0.6 is 0 Å². The average molecular weight is 222 g/mol. The standard InChI is InChI=1S/C14H26N2/c1-14(6-2-7-14)15-8-5-11-9-12-3-4-13(10-11)16-12/h11-13,15-16H,2-10H2,1H3. The molecule has 2 nitrogen and oxygen atoms in total. The van der Waals surface area contributed by atoms with Gasteiger partial charge in [0.25, 0.3) is 0 Å². The van der Waals surface area contributed by atoms with Crippen LogP contribution in [0.15, 0.2) is 0 Å². The molecule has 2 heterocycles. The molecule has 2 bridgehead atoms. The van der Waals surface area contributed by atoms with Crippen LogP contribution in [0.4, 0.5) is 0 Å². The molecule has 16 heavy (non-hydrogen) atoms. The van der Waals surface area contributed by atoms with Gasteiger partial charge in [-0.1, -0.05) is 0 Å². The Kier molecular flexibility index (Phi) is 2.97. The van der Waals surface area contributed by atoms with Gasteiger partial charge in [-0.25, -0.2) is 0 Å². The SMILES string of the molecule is CC1(NCCC2CC3CCC(C2)N3)CCC1. The summed E-state index contributed by atoms with van der Waals surface area (Å²) in [5.74, 6) is 0.995. The molecule has 2 unspecified atom stereocenters. The van der Waals surface area contributed by atoms with Crippen LogP contribution in [0, 0.1) is 5.92 Å². The summed E-state index contributed by atoms with van der Waals surface area (Å²) >= 11 is 0. The predicted octanol–water partition coefficient (Wildman–Crippen LogP) is 2.44. The van der Waals surface area contributed by atoms with Gasteiger partial charge in [-0.3, -0.25) is 0 Å². The number of fused-ring (bicyclic) bond motifs is 2. The van der Waals surface area contributed by atoms with Crippen LogP contribution in [0.5, 0.6) is 0 Å². The summed E-state index contributed by atoms with van der Waals surface area (Å²) in [6.45, 7) is 3.64. The summed E-state index contributed by atoms with van der Waals surface area (Å²) in [5, 5.41) is 7.50. The number of nitrogens with one attached hydrogen (secondary N) is 2. The van der Waals surface area contributed by atoms with Gasteiger partial charge < -0.3 is 10.6 Å². The van der Waals surface area contributed by atoms with E-state index in [-0.39, 0.29) is 0 Å². The minimum absolute atomic E-state index is 0.506. The van der Waals surface area contributed by atoms with Crippen LogP contribution in [0.2, 0.25) is 0 Å². The fourth-order valence-corrected chi connectivity index (χ4v) is 3.87. The van der Waals surface area contributed by atoms with Gasteiger partial charge in [-0.05, 0) is 70.8 Å². The van der Waals surface area contributed by atoms with E-state index in [4.69, 9.17) is 0 Å². The largest absolute Gasteiger partial charge is 0.312 e. The second kappa shape index (κ2) is 4.30. The van der Waals surface area contributed by atoms with Crippen molar-refractivity contribution in [2.45, 2.75) is 75.9 Å². The van der Waals surface area contributed by atoms with Gasteiger partial charge in [-0.15, -0.1) is 0 Å². The zero-order chi connectivity index (χ0) is 11.0. The first-order chi connectivity index (χ1) is 7.73. The van der Waals surface area contributed by atoms with Crippen molar-refractivity contribution < 1.29 is 0 Å². The fraction of sp³-hybridized carbons (Fsp3) is 1.00. The first-order valence-electron chi connectivity index (χ1n) is 7.25. The van der Waals surface area contributed by atoms with Crippen molar-refractivity contribution in [3.63, 3.8) is 0 Å². The van der Waals surface area contributed by atoms with Crippen molar-refractivity contribution in [1.82, 2.24) is 10.6 Å². The van der Waals surface area contributed by atoms with Gasteiger partial charge in [0.2, 0.25) is 0 Å². The maximum Gasteiger partial charge on any atom is 0.0153 e. The number of hydrogen-bond acceptors (Lipinski definition) is 2. The lowest BCUT2D eigenvalue weighted by Crippen LogP contribution is -2.49. The van der Waals surface area contributed by atoms with Crippen molar-refractivity contribution >= 4 is 0 Å². The second-order valence-corrected chi connectivity index (χ2v) is 6.60. The van der Waals surface area contributed by atoms with Crippen LogP contribution < -0.4 is 10.6 Å². The molecule has 3 aliphatic rings. The van der Waals surface area contributed by atoms with E-state index in [1.54, 1.807) is 0 Å². The second-order valence-electron chi connectivity index (χ2n) is 6.60. The van der Waals surface area contributed by atoms with Gasteiger partial charge in [0.1, 0.15) is 0 Å². The van der Waals surface area contributed by atoms with Crippen molar-refractivity contribution in [1.29, 1.82) is 0 Å². The van der Waals surface area contributed by atoms with Gasteiger partial charge in [-0.2, -0.15) is 0 Å². The molecule has 3 fully saturated rings. The van der Waals surface area contributed by atoms with Crippen molar-refractivity contribution in [3.8, 4) is 0 Å². The molecule has 0 spiro atoms. The molecule has 2 N–H and O–H groups in total. The molecular weight excluding hydrogens is 196 g/mol. The predicted molar refractivity (Wildman–Crippen MR) is 67.5 cm³/mol. The first kappa shape index (κ1) is 11.0. The van der Waals surface area contributed by atoms with Gasteiger partial charge in [0.15, 0.2) is 0 Å². The van der Waals surface area contributed by atoms with E-state index in [1.165, 1.54) is 57.9 Å². The highest BCUT2D eigenvalue weighted by Gasteiger charge is 2.34. The minimum Gasteiger partial charge on any atom is -0.312 e. The molecule has 2 atom stereocenters. The molecule has 3 rings (SSSR count). The van der Waals surface area contributed by atoms with Crippen LogP contribution in [0.1, 0.15) is 58.3 Å².